The Bertz CT molecular complexity index is 501. The first-order valence-electron chi connectivity index (χ1n) is 5.13. The molecule has 5 heteroatoms. The third-order valence-electron chi connectivity index (χ3n) is 2.46. The van der Waals surface area contributed by atoms with Gasteiger partial charge in [0.05, 0.1) is 6.04 Å². The van der Waals surface area contributed by atoms with Crippen molar-refractivity contribution in [2.24, 2.45) is 5.84 Å². The second-order valence-corrected chi connectivity index (χ2v) is 5.58. The number of halogens is 2. The summed E-state index contributed by atoms with van der Waals surface area (Å²) in [6, 6.07) is 8.61. The minimum absolute atomic E-state index is 0.00750. The van der Waals surface area contributed by atoms with Crippen molar-refractivity contribution in [3.05, 3.63) is 56.4 Å². The van der Waals surface area contributed by atoms with Crippen LogP contribution in [0.25, 0.3) is 0 Å². The van der Waals surface area contributed by atoms with Crippen LogP contribution in [0, 0.1) is 5.82 Å². The number of nitrogens with one attached hydrogen (secondary N) is 1. The van der Waals surface area contributed by atoms with Gasteiger partial charge in [0, 0.05) is 14.7 Å². The van der Waals surface area contributed by atoms with Gasteiger partial charge in [-0.2, -0.15) is 0 Å². The van der Waals surface area contributed by atoms with Gasteiger partial charge < -0.3 is 0 Å². The fraction of sp³-hybridized carbons (Fsp3) is 0.167. The highest BCUT2D eigenvalue weighted by Gasteiger charge is 2.13. The van der Waals surface area contributed by atoms with E-state index in [0.29, 0.717) is 6.42 Å². The Morgan fingerprint density at radius 1 is 1.41 bits per heavy atom. The van der Waals surface area contributed by atoms with Crippen LogP contribution in [0.4, 0.5) is 4.39 Å². The molecule has 0 bridgehead atoms. The van der Waals surface area contributed by atoms with Gasteiger partial charge in [0.25, 0.3) is 0 Å². The van der Waals surface area contributed by atoms with Crippen LogP contribution in [0.3, 0.4) is 0 Å². The van der Waals surface area contributed by atoms with Crippen LogP contribution < -0.4 is 11.3 Å². The topological polar surface area (TPSA) is 38.0 Å². The molecule has 90 valence electrons. The lowest BCUT2D eigenvalue weighted by atomic mass is 10.1. The average Bonchev–Trinajstić information content (AvgIpc) is 2.73. The van der Waals surface area contributed by atoms with E-state index >= 15 is 0 Å². The molecule has 0 aliphatic heterocycles. The van der Waals surface area contributed by atoms with Crippen molar-refractivity contribution >= 4 is 27.3 Å². The molecule has 0 amide bonds. The second kappa shape index (κ2) is 5.73. The summed E-state index contributed by atoms with van der Waals surface area (Å²) in [7, 11) is 0. The third-order valence-corrected chi connectivity index (χ3v) is 4.27. The normalized spacial score (nSPS) is 12.6. The fourth-order valence-corrected chi connectivity index (χ4v) is 3.16. The van der Waals surface area contributed by atoms with E-state index in [1.807, 2.05) is 17.5 Å². The first kappa shape index (κ1) is 12.7. The van der Waals surface area contributed by atoms with Crippen LogP contribution >= 0.6 is 27.3 Å². The lowest BCUT2D eigenvalue weighted by Gasteiger charge is -2.14. The van der Waals surface area contributed by atoms with E-state index in [9.17, 15) is 4.39 Å². The largest absolute Gasteiger partial charge is 0.271 e. The number of hydrazine groups is 1. The maximum absolute atomic E-state index is 13.1. The minimum atomic E-state index is -0.217. The van der Waals surface area contributed by atoms with Crippen molar-refractivity contribution in [1.29, 1.82) is 0 Å². The zero-order valence-electron chi connectivity index (χ0n) is 8.99. The lowest BCUT2D eigenvalue weighted by molar-refractivity contribution is 0.556. The summed E-state index contributed by atoms with van der Waals surface area (Å²) in [5.41, 5.74) is 3.69. The Labute approximate surface area is 112 Å². The van der Waals surface area contributed by atoms with Crippen molar-refractivity contribution < 1.29 is 4.39 Å². The van der Waals surface area contributed by atoms with Gasteiger partial charge in [-0.15, -0.1) is 11.3 Å². The molecule has 3 N–H and O–H groups in total. The van der Waals surface area contributed by atoms with E-state index in [1.165, 1.54) is 12.1 Å². The summed E-state index contributed by atoms with van der Waals surface area (Å²) in [6.45, 7) is 0. The Kier molecular flexibility index (Phi) is 4.28. The molecule has 0 radical (unpaired) electrons. The predicted octanol–water partition coefficient (Wildman–Crippen LogP) is 3.40. The molecule has 0 spiro atoms. The minimum Gasteiger partial charge on any atom is -0.271 e. The van der Waals surface area contributed by atoms with E-state index < -0.39 is 0 Å². The highest BCUT2D eigenvalue weighted by atomic mass is 79.9. The standard InChI is InChI=1S/C12H12BrFN2S/c13-9-6-12(17-7-9)11(16-15)5-8-2-1-3-10(14)4-8/h1-4,6-7,11,16H,5,15H2. The van der Waals surface area contributed by atoms with Gasteiger partial charge in [-0.05, 0) is 46.1 Å². The van der Waals surface area contributed by atoms with E-state index in [4.69, 9.17) is 5.84 Å². The SMILES string of the molecule is NNC(Cc1cccc(F)c1)c1cc(Br)cs1. The number of rotatable bonds is 4. The molecule has 1 heterocycles. The van der Waals surface area contributed by atoms with E-state index in [1.54, 1.807) is 17.4 Å². The molecule has 0 aliphatic rings. The Hall–Kier alpha value is -0.750. The van der Waals surface area contributed by atoms with Gasteiger partial charge in [-0.3, -0.25) is 11.3 Å². The van der Waals surface area contributed by atoms with Gasteiger partial charge in [-0.25, -0.2) is 4.39 Å². The summed E-state index contributed by atoms with van der Waals surface area (Å²) in [6.07, 6.45) is 0.668. The number of hydrogen-bond donors (Lipinski definition) is 2. The zero-order valence-corrected chi connectivity index (χ0v) is 11.4. The Balaban J connectivity index is 2.15. The molecular formula is C12H12BrFN2S. The Morgan fingerprint density at radius 3 is 2.82 bits per heavy atom. The fourth-order valence-electron chi connectivity index (χ4n) is 1.65. The van der Waals surface area contributed by atoms with E-state index in [0.717, 1.165) is 14.9 Å². The van der Waals surface area contributed by atoms with Gasteiger partial charge >= 0.3 is 0 Å². The molecule has 2 nitrogen and oxygen atoms in total. The number of thiophene rings is 1. The van der Waals surface area contributed by atoms with Crippen LogP contribution in [0.15, 0.2) is 40.2 Å². The summed E-state index contributed by atoms with van der Waals surface area (Å²) in [5.74, 6) is 5.33. The molecule has 1 aromatic heterocycles. The van der Waals surface area contributed by atoms with Crippen LogP contribution in [-0.2, 0) is 6.42 Å². The molecule has 0 aliphatic carbocycles. The van der Waals surface area contributed by atoms with Crippen molar-refractivity contribution in [2.45, 2.75) is 12.5 Å². The molecule has 1 aromatic carbocycles. The van der Waals surface area contributed by atoms with Gasteiger partial charge in [0.15, 0.2) is 0 Å². The first-order valence-corrected chi connectivity index (χ1v) is 6.81. The molecule has 1 atom stereocenters. The van der Waals surface area contributed by atoms with E-state index in [-0.39, 0.29) is 11.9 Å². The summed E-state index contributed by atoms with van der Waals surface area (Å²) in [4.78, 5) is 1.13. The molecule has 2 aromatic rings. The van der Waals surface area contributed by atoms with Crippen molar-refractivity contribution in [3.8, 4) is 0 Å². The van der Waals surface area contributed by atoms with Crippen molar-refractivity contribution in [1.82, 2.24) is 5.43 Å². The maximum atomic E-state index is 13.1. The summed E-state index contributed by atoms with van der Waals surface area (Å²) < 4.78 is 14.1. The molecule has 1 unspecified atom stereocenters. The average molecular weight is 315 g/mol. The van der Waals surface area contributed by atoms with Crippen LogP contribution in [-0.4, -0.2) is 0 Å². The van der Waals surface area contributed by atoms with Crippen LogP contribution in [0.2, 0.25) is 0 Å². The molecular weight excluding hydrogens is 303 g/mol. The maximum Gasteiger partial charge on any atom is 0.123 e. The van der Waals surface area contributed by atoms with Gasteiger partial charge in [0.1, 0.15) is 5.82 Å². The monoisotopic (exact) mass is 314 g/mol. The second-order valence-electron chi connectivity index (χ2n) is 3.72. The van der Waals surface area contributed by atoms with Gasteiger partial charge in [-0.1, -0.05) is 12.1 Å². The summed E-state index contributed by atoms with van der Waals surface area (Å²) >= 11 is 5.03. The number of hydrogen-bond acceptors (Lipinski definition) is 3. The zero-order chi connectivity index (χ0) is 12.3. The third kappa shape index (κ3) is 3.35. The predicted molar refractivity (Wildman–Crippen MR) is 72.2 cm³/mol. The molecule has 0 saturated heterocycles. The number of nitrogens with two attached hydrogens (primary N) is 1. The molecule has 2 rings (SSSR count). The molecule has 0 saturated carbocycles. The van der Waals surface area contributed by atoms with E-state index in [2.05, 4.69) is 21.4 Å². The highest BCUT2D eigenvalue weighted by molar-refractivity contribution is 9.10. The van der Waals surface area contributed by atoms with Crippen LogP contribution in [0.5, 0.6) is 0 Å². The molecule has 0 fully saturated rings. The van der Waals surface area contributed by atoms with Gasteiger partial charge in [0.2, 0.25) is 0 Å². The number of benzene rings is 1. The lowest BCUT2D eigenvalue weighted by Crippen LogP contribution is -2.28. The smallest absolute Gasteiger partial charge is 0.123 e. The van der Waals surface area contributed by atoms with Crippen molar-refractivity contribution in [2.75, 3.05) is 0 Å². The first-order chi connectivity index (χ1) is 8.19. The summed E-state index contributed by atoms with van der Waals surface area (Å²) in [5, 5.41) is 2.01. The quantitative estimate of drug-likeness (QED) is 0.670. The molecule has 17 heavy (non-hydrogen) atoms. The van der Waals surface area contributed by atoms with Crippen LogP contribution in [0.1, 0.15) is 16.5 Å². The van der Waals surface area contributed by atoms with Crippen molar-refractivity contribution in [3.63, 3.8) is 0 Å². The highest BCUT2D eigenvalue weighted by Crippen LogP contribution is 2.27. The Morgan fingerprint density at radius 2 is 2.24 bits per heavy atom.